The summed E-state index contributed by atoms with van der Waals surface area (Å²) in [6.45, 7) is 0. The van der Waals surface area contributed by atoms with Crippen LogP contribution in [0.5, 0.6) is 0 Å². The van der Waals surface area contributed by atoms with Gasteiger partial charge in [-0.3, -0.25) is 4.79 Å². The lowest BCUT2D eigenvalue weighted by Crippen LogP contribution is -2.33. The molecule has 0 aliphatic heterocycles. The summed E-state index contributed by atoms with van der Waals surface area (Å²) in [5, 5.41) is 15.3. The van der Waals surface area contributed by atoms with Crippen LogP contribution in [0.4, 0.5) is 0 Å². The molecule has 0 saturated carbocycles. The van der Waals surface area contributed by atoms with Gasteiger partial charge >= 0.3 is 0 Å². The standard InChI is InChI=1S/C24H21N5O2/c30-24(25-21-14-6-11-17-8-4-5-13-20(17)21)22(16-19-12-7-15-31-19)29-23(26-27-28-29)18-9-2-1-3-10-18/h1-5,7-10,12-13,15-16,21H,6,11,14H2,(H,25,30)/b22-16+/t21-/m1/s1. The number of hydrogen-bond acceptors (Lipinski definition) is 5. The van der Waals surface area contributed by atoms with Gasteiger partial charge in [-0.05, 0) is 52.9 Å². The van der Waals surface area contributed by atoms with E-state index < -0.39 is 0 Å². The van der Waals surface area contributed by atoms with Crippen LogP contribution in [0, 0.1) is 0 Å². The minimum atomic E-state index is -0.261. The summed E-state index contributed by atoms with van der Waals surface area (Å²) in [5.41, 5.74) is 3.55. The van der Waals surface area contributed by atoms with Gasteiger partial charge in [-0.15, -0.1) is 5.10 Å². The number of aryl methyl sites for hydroxylation is 1. The molecule has 7 heteroatoms. The Balaban J connectivity index is 1.52. The zero-order chi connectivity index (χ0) is 21.0. The summed E-state index contributed by atoms with van der Waals surface area (Å²) in [6, 6.07) is 21.3. The maximum absolute atomic E-state index is 13.5. The second-order valence-electron chi connectivity index (χ2n) is 7.44. The van der Waals surface area contributed by atoms with E-state index in [4.69, 9.17) is 4.42 Å². The van der Waals surface area contributed by atoms with E-state index in [0.717, 1.165) is 24.8 Å². The van der Waals surface area contributed by atoms with Crippen LogP contribution in [0.15, 0.2) is 77.4 Å². The van der Waals surface area contributed by atoms with Crippen molar-refractivity contribution < 1.29 is 9.21 Å². The second-order valence-corrected chi connectivity index (χ2v) is 7.44. The van der Waals surface area contributed by atoms with Gasteiger partial charge in [0.05, 0.1) is 12.3 Å². The predicted molar refractivity (Wildman–Crippen MR) is 116 cm³/mol. The Kier molecular flexibility index (Phi) is 5.14. The fraction of sp³-hybridized carbons (Fsp3) is 0.167. The van der Waals surface area contributed by atoms with Crippen molar-refractivity contribution >= 4 is 17.7 Å². The number of benzene rings is 2. The Labute approximate surface area is 179 Å². The van der Waals surface area contributed by atoms with Gasteiger partial charge in [0.25, 0.3) is 5.91 Å². The molecule has 0 saturated heterocycles. The van der Waals surface area contributed by atoms with Gasteiger partial charge in [0.15, 0.2) is 5.82 Å². The lowest BCUT2D eigenvalue weighted by molar-refractivity contribution is -0.116. The number of carbonyl (C=O) groups is 1. The predicted octanol–water partition coefficient (Wildman–Crippen LogP) is 4.13. The molecule has 31 heavy (non-hydrogen) atoms. The quantitative estimate of drug-likeness (QED) is 0.499. The average molecular weight is 411 g/mol. The summed E-state index contributed by atoms with van der Waals surface area (Å²) in [5.74, 6) is 0.767. The molecule has 2 heterocycles. The molecule has 154 valence electrons. The maximum Gasteiger partial charge on any atom is 0.270 e. The van der Waals surface area contributed by atoms with Crippen LogP contribution in [0.2, 0.25) is 0 Å². The highest BCUT2D eigenvalue weighted by Crippen LogP contribution is 2.30. The van der Waals surface area contributed by atoms with Crippen molar-refractivity contribution in [1.82, 2.24) is 25.5 Å². The Morgan fingerprint density at radius 3 is 2.74 bits per heavy atom. The van der Waals surface area contributed by atoms with Crippen molar-refractivity contribution in [3.63, 3.8) is 0 Å². The van der Waals surface area contributed by atoms with Gasteiger partial charge in [-0.25, -0.2) is 0 Å². The minimum Gasteiger partial charge on any atom is -0.465 e. The Hall–Kier alpha value is -4.00. The number of furan rings is 1. The van der Waals surface area contributed by atoms with Crippen LogP contribution in [0.25, 0.3) is 23.2 Å². The number of aromatic nitrogens is 4. The molecular formula is C24H21N5O2. The van der Waals surface area contributed by atoms with Gasteiger partial charge in [0.1, 0.15) is 11.5 Å². The minimum absolute atomic E-state index is 0.0610. The third-order valence-electron chi connectivity index (χ3n) is 5.46. The first-order valence-electron chi connectivity index (χ1n) is 10.3. The lowest BCUT2D eigenvalue weighted by atomic mass is 9.87. The number of carbonyl (C=O) groups excluding carboxylic acids is 1. The van der Waals surface area contributed by atoms with E-state index in [0.29, 0.717) is 17.3 Å². The van der Waals surface area contributed by atoms with Crippen molar-refractivity contribution in [2.45, 2.75) is 25.3 Å². The number of nitrogens with zero attached hydrogens (tertiary/aromatic N) is 4. The van der Waals surface area contributed by atoms with Crippen molar-refractivity contribution in [1.29, 1.82) is 0 Å². The molecule has 2 aromatic carbocycles. The smallest absolute Gasteiger partial charge is 0.270 e. The third kappa shape index (κ3) is 3.90. The van der Waals surface area contributed by atoms with Gasteiger partial charge in [-0.2, -0.15) is 4.68 Å². The summed E-state index contributed by atoms with van der Waals surface area (Å²) in [4.78, 5) is 13.5. The average Bonchev–Trinajstić information content (AvgIpc) is 3.50. The van der Waals surface area contributed by atoms with E-state index in [2.05, 4.69) is 33.0 Å². The normalized spacial score (nSPS) is 16.0. The Bertz CT molecular complexity index is 1210. The van der Waals surface area contributed by atoms with Crippen molar-refractivity contribution in [2.24, 2.45) is 0 Å². The molecule has 1 N–H and O–H groups in total. The summed E-state index contributed by atoms with van der Waals surface area (Å²) >= 11 is 0. The first-order valence-corrected chi connectivity index (χ1v) is 10.3. The highest BCUT2D eigenvalue weighted by atomic mass is 16.3. The third-order valence-corrected chi connectivity index (χ3v) is 5.46. The molecule has 0 spiro atoms. The molecule has 0 bridgehead atoms. The van der Waals surface area contributed by atoms with E-state index in [9.17, 15) is 4.79 Å². The molecule has 1 aliphatic rings. The van der Waals surface area contributed by atoms with Crippen LogP contribution in [0.1, 0.15) is 35.8 Å². The molecule has 7 nitrogen and oxygen atoms in total. The van der Waals surface area contributed by atoms with Crippen molar-refractivity contribution in [3.05, 3.63) is 89.9 Å². The number of amides is 1. The molecule has 1 atom stereocenters. The summed E-state index contributed by atoms with van der Waals surface area (Å²) in [7, 11) is 0. The van der Waals surface area contributed by atoms with Crippen molar-refractivity contribution in [2.75, 3.05) is 0 Å². The van der Waals surface area contributed by atoms with E-state index in [-0.39, 0.29) is 11.9 Å². The Morgan fingerprint density at radius 2 is 1.90 bits per heavy atom. The van der Waals surface area contributed by atoms with Gasteiger partial charge in [0.2, 0.25) is 0 Å². The van der Waals surface area contributed by atoms with Crippen LogP contribution >= 0.6 is 0 Å². The van der Waals surface area contributed by atoms with Gasteiger partial charge in [0, 0.05) is 11.6 Å². The first-order chi connectivity index (χ1) is 15.3. The molecular weight excluding hydrogens is 390 g/mol. The molecule has 1 amide bonds. The molecule has 5 rings (SSSR count). The highest BCUT2D eigenvalue weighted by molar-refractivity contribution is 6.18. The molecule has 1 aliphatic carbocycles. The van der Waals surface area contributed by atoms with Crippen molar-refractivity contribution in [3.8, 4) is 11.4 Å². The number of tetrazole rings is 1. The number of fused-ring (bicyclic) bond motifs is 1. The second kappa shape index (κ2) is 8.39. The Morgan fingerprint density at radius 1 is 1.06 bits per heavy atom. The van der Waals surface area contributed by atoms with E-state index in [1.54, 1.807) is 24.5 Å². The number of hydrogen-bond donors (Lipinski definition) is 1. The van der Waals surface area contributed by atoms with E-state index in [1.165, 1.54) is 15.8 Å². The molecule has 0 radical (unpaired) electrons. The lowest BCUT2D eigenvalue weighted by Gasteiger charge is -2.26. The van der Waals surface area contributed by atoms with Crippen LogP contribution in [-0.2, 0) is 11.2 Å². The number of nitrogens with one attached hydrogen (secondary N) is 1. The topological polar surface area (TPSA) is 85.8 Å². The summed E-state index contributed by atoms with van der Waals surface area (Å²) < 4.78 is 6.93. The van der Waals surface area contributed by atoms with Crippen LogP contribution in [-0.4, -0.2) is 26.1 Å². The van der Waals surface area contributed by atoms with Crippen LogP contribution in [0.3, 0.4) is 0 Å². The fourth-order valence-corrected chi connectivity index (χ4v) is 3.98. The molecule has 4 aromatic rings. The SMILES string of the molecule is O=C(N[C@@H]1CCCc2ccccc21)/C(=C\c1ccco1)n1nnnc1-c1ccccc1. The van der Waals surface area contributed by atoms with E-state index in [1.807, 2.05) is 42.5 Å². The highest BCUT2D eigenvalue weighted by Gasteiger charge is 2.25. The molecule has 0 unspecified atom stereocenters. The fourth-order valence-electron chi connectivity index (χ4n) is 3.98. The zero-order valence-electron chi connectivity index (χ0n) is 16.8. The van der Waals surface area contributed by atoms with Crippen LogP contribution < -0.4 is 5.32 Å². The maximum atomic E-state index is 13.5. The molecule has 0 fully saturated rings. The van der Waals surface area contributed by atoms with E-state index >= 15 is 0 Å². The van der Waals surface area contributed by atoms with Gasteiger partial charge in [-0.1, -0.05) is 54.6 Å². The largest absolute Gasteiger partial charge is 0.465 e. The zero-order valence-corrected chi connectivity index (χ0v) is 16.8. The first kappa shape index (κ1) is 19.0. The molecule has 2 aromatic heterocycles. The monoisotopic (exact) mass is 411 g/mol. The number of rotatable bonds is 5. The van der Waals surface area contributed by atoms with Gasteiger partial charge < -0.3 is 9.73 Å². The summed E-state index contributed by atoms with van der Waals surface area (Å²) in [6.07, 6.45) is 6.17.